The van der Waals surface area contributed by atoms with Gasteiger partial charge in [-0.05, 0) is 102 Å². The standard InChI is InChI=1S/2C14H19N3.3C9H17N3/c1-14(2,13-7-4-3-5-8-13)9-6-11-17-12-10-15-16-17;1-14(2,13-7-4-3-5-8-13)9-6-10-17-12-15-11-16-17;1-9(2,3)5-4-7-12-8-6-10-11-12;2*1-9(2,3)5-4-6-12-8-10-7-11-12/h3-5,7-8,10,12H,6,9,11H2,1-2H3;3-5,7-8,11-12H,6,9-10H2,1-2H3;6,8H,4-5,7H2,1-3H3;2*7-8H,4-6H2,1-3H3. The van der Waals surface area contributed by atoms with Crippen molar-refractivity contribution in [1.82, 2.24) is 74.3 Å². The molecular weight excluding hydrogens is 871 g/mol. The normalized spacial score (nSPS) is 11.8. The number of hydrogen-bond acceptors (Lipinski definition) is 10. The molecule has 0 N–H and O–H groups in total. The quantitative estimate of drug-likeness (QED) is 0.0765. The number of aryl methyl sites for hydroxylation is 5. The Morgan fingerprint density at radius 1 is 0.357 bits per heavy atom. The van der Waals surface area contributed by atoms with E-state index in [0.29, 0.717) is 16.2 Å². The van der Waals surface area contributed by atoms with Crippen LogP contribution in [0.2, 0.25) is 0 Å². The van der Waals surface area contributed by atoms with Crippen LogP contribution in [0.4, 0.5) is 0 Å². The van der Waals surface area contributed by atoms with Crippen LogP contribution in [-0.2, 0) is 43.6 Å². The van der Waals surface area contributed by atoms with E-state index in [-0.39, 0.29) is 10.8 Å². The summed E-state index contributed by atoms with van der Waals surface area (Å²) < 4.78 is 9.42. The average Bonchev–Trinajstić information content (AvgIpc) is 4.16. The molecule has 0 aliphatic heterocycles. The number of benzene rings is 2. The zero-order chi connectivity index (χ0) is 51.4. The molecule has 384 valence electrons. The van der Waals surface area contributed by atoms with Gasteiger partial charge in [-0.25, -0.2) is 15.0 Å². The van der Waals surface area contributed by atoms with E-state index in [1.807, 2.05) is 35.8 Å². The molecule has 7 aromatic rings. The van der Waals surface area contributed by atoms with Gasteiger partial charge in [0.25, 0.3) is 0 Å². The molecule has 0 fully saturated rings. The van der Waals surface area contributed by atoms with E-state index in [4.69, 9.17) is 0 Å². The van der Waals surface area contributed by atoms with Crippen molar-refractivity contribution in [1.29, 1.82) is 0 Å². The molecule has 0 saturated heterocycles. The molecule has 0 aliphatic carbocycles. The summed E-state index contributed by atoms with van der Waals surface area (Å²) in [7, 11) is 0. The van der Waals surface area contributed by atoms with Gasteiger partial charge < -0.3 is 0 Å². The number of nitrogens with zero attached hydrogens (tertiary/aromatic N) is 15. The molecule has 15 nitrogen and oxygen atoms in total. The second kappa shape index (κ2) is 30.0. The van der Waals surface area contributed by atoms with Gasteiger partial charge in [0.1, 0.15) is 38.0 Å². The summed E-state index contributed by atoms with van der Waals surface area (Å²) in [5, 5.41) is 27.6. The van der Waals surface area contributed by atoms with Gasteiger partial charge in [-0.3, -0.25) is 23.4 Å². The highest BCUT2D eigenvalue weighted by Crippen LogP contribution is 2.29. The lowest BCUT2D eigenvalue weighted by Crippen LogP contribution is -2.17. The van der Waals surface area contributed by atoms with Crippen molar-refractivity contribution in [2.24, 2.45) is 16.2 Å². The highest BCUT2D eigenvalue weighted by molar-refractivity contribution is 5.24. The zero-order valence-corrected chi connectivity index (χ0v) is 45.4. The maximum absolute atomic E-state index is 4.11. The summed E-state index contributed by atoms with van der Waals surface area (Å²) in [4.78, 5) is 11.7. The summed E-state index contributed by atoms with van der Waals surface area (Å²) in [6.45, 7) is 34.3. The lowest BCUT2D eigenvalue weighted by atomic mass is 9.80. The van der Waals surface area contributed by atoms with Crippen molar-refractivity contribution >= 4 is 0 Å². The first kappa shape index (κ1) is 58.5. The number of aromatic nitrogens is 15. The van der Waals surface area contributed by atoms with Crippen LogP contribution in [0.3, 0.4) is 0 Å². The van der Waals surface area contributed by atoms with Gasteiger partial charge in [-0.15, -0.1) is 10.2 Å². The second-order valence-electron chi connectivity index (χ2n) is 23.0. The Balaban J connectivity index is 0.000000234. The minimum Gasteiger partial charge on any atom is -0.253 e. The van der Waals surface area contributed by atoms with Gasteiger partial charge in [-0.2, -0.15) is 15.3 Å². The van der Waals surface area contributed by atoms with Crippen LogP contribution in [0.1, 0.15) is 165 Å². The molecule has 5 heterocycles. The fraction of sp³-hybridized carbons (Fsp3) is 0.600. The van der Waals surface area contributed by atoms with Crippen molar-refractivity contribution in [3.8, 4) is 0 Å². The molecule has 70 heavy (non-hydrogen) atoms. The minimum atomic E-state index is 0.224. The first-order chi connectivity index (χ1) is 33.1. The molecule has 5 aromatic heterocycles. The highest BCUT2D eigenvalue weighted by atomic mass is 15.4. The largest absolute Gasteiger partial charge is 0.253 e. The molecule has 0 atom stereocenters. The third kappa shape index (κ3) is 27.4. The van der Waals surface area contributed by atoms with Crippen LogP contribution < -0.4 is 0 Å². The van der Waals surface area contributed by atoms with E-state index in [1.165, 1.54) is 49.7 Å². The van der Waals surface area contributed by atoms with Crippen LogP contribution in [0, 0.1) is 16.2 Å². The summed E-state index contributed by atoms with van der Waals surface area (Å²) in [5.74, 6) is 0. The molecule has 0 unspecified atom stereocenters. The van der Waals surface area contributed by atoms with Crippen molar-refractivity contribution in [2.45, 2.75) is 198 Å². The fourth-order valence-electron chi connectivity index (χ4n) is 7.50. The molecular formula is C55H89N15. The summed E-state index contributed by atoms with van der Waals surface area (Å²) >= 11 is 0. The van der Waals surface area contributed by atoms with Crippen LogP contribution in [-0.4, -0.2) is 74.3 Å². The maximum Gasteiger partial charge on any atom is 0.137 e. The Kier molecular flexibility index (Phi) is 25.1. The van der Waals surface area contributed by atoms with E-state index in [1.54, 1.807) is 50.4 Å². The maximum atomic E-state index is 4.11. The third-order valence-electron chi connectivity index (χ3n) is 11.8. The smallest absolute Gasteiger partial charge is 0.137 e. The topological polar surface area (TPSA) is 154 Å². The van der Waals surface area contributed by atoms with Gasteiger partial charge in [0.15, 0.2) is 0 Å². The third-order valence-corrected chi connectivity index (χ3v) is 11.8. The lowest BCUT2D eigenvalue weighted by molar-refractivity contribution is 0.347. The second-order valence-corrected chi connectivity index (χ2v) is 23.0. The Morgan fingerprint density at radius 2 is 0.643 bits per heavy atom. The minimum absolute atomic E-state index is 0.224. The Labute approximate surface area is 421 Å². The van der Waals surface area contributed by atoms with E-state index in [9.17, 15) is 0 Å². The van der Waals surface area contributed by atoms with Crippen LogP contribution >= 0.6 is 0 Å². The molecule has 0 saturated carbocycles. The first-order valence-electron chi connectivity index (χ1n) is 25.4. The SMILES string of the molecule is CC(C)(C)CCCn1ccnn1.CC(C)(C)CCCn1cncn1.CC(C)(C)CCCn1cncn1.CC(C)(CCCn1ccnn1)c1ccccc1.CC(C)(CCCn1cncn1)c1ccccc1. The predicted molar refractivity (Wildman–Crippen MR) is 284 cm³/mol. The van der Waals surface area contributed by atoms with Crippen LogP contribution in [0.5, 0.6) is 0 Å². The van der Waals surface area contributed by atoms with Gasteiger partial charge >= 0.3 is 0 Å². The Morgan fingerprint density at radius 3 is 0.886 bits per heavy atom. The number of hydrogen-bond donors (Lipinski definition) is 0. The van der Waals surface area contributed by atoms with Crippen molar-refractivity contribution < 1.29 is 0 Å². The monoisotopic (exact) mass is 960 g/mol. The van der Waals surface area contributed by atoms with E-state index in [2.05, 4.69) is 202 Å². The van der Waals surface area contributed by atoms with E-state index in [0.717, 1.165) is 58.4 Å². The molecule has 15 heteroatoms. The van der Waals surface area contributed by atoms with Gasteiger partial charge in [0, 0.05) is 45.1 Å². The van der Waals surface area contributed by atoms with Gasteiger partial charge in [0.2, 0.25) is 0 Å². The lowest BCUT2D eigenvalue weighted by Gasteiger charge is -2.25. The van der Waals surface area contributed by atoms with Crippen molar-refractivity contribution in [3.05, 3.63) is 135 Å². The summed E-state index contributed by atoms with van der Waals surface area (Å²) in [6.07, 6.45) is 29.1. The molecule has 7 rings (SSSR count). The van der Waals surface area contributed by atoms with E-state index < -0.39 is 0 Å². The first-order valence-corrected chi connectivity index (χ1v) is 25.4. The van der Waals surface area contributed by atoms with Gasteiger partial charge in [0.05, 0.1) is 12.4 Å². The molecule has 0 spiro atoms. The van der Waals surface area contributed by atoms with Crippen LogP contribution in [0.25, 0.3) is 0 Å². The van der Waals surface area contributed by atoms with Gasteiger partial charge in [-0.1, -0.05) is 161 Å². The fourth-order valence-corrected chi connectivity index (χ4v) is 7.50. The molecule has 0 radical (unpaired) electrons. The summed E-state index contributed by atoms with van der Waals surface area (Å²) in [5.41, 5.74) is 4.54. The van der Waals surface area contributed by atoms with E-state index >= 15 is 0 Å². The zero-order valence-electron chi connectivity index (χ0n) is 45.4. The number of rotatable bonds is 19. The predicted octanol–water partition coefficient (Wildman–Crippen LogP) is 12.4. The molecule has 2 aromatic carbocycles. The Bertz CT molecular complexity index is 2020. The average molecular weight is 960 g/mol. The van der Waals surface area contributed by atoms with Crippen molar-refractivity contribution in [2.75, 3.05) is 0 Å². The Hall–Kier alpha value is -5.86. The molecule has 0 amide bonds. The summed E-state index contributed by atoms with van der Waals surface area (Å²) in [6, 6.07) is 21.4. The van der Waals surface area contributed by atoms with Crippen molar-refractivity contribution in [3.63, 3.8) is 0 Å². The molecule has 0 aliphatic rings. The van der Waals surface area contributed by atoms with Crippen LogP contribution in [0.15, 0.2) is 123 Å². The molecule has 0 bridgehead atoms. The highest BCUT2D eigenvalue weighted by Gasteiger charge is 2.20.